The summed E-state index contributed by atoms with van der Waals surface area (Å²) in [7, 11) is 0. The quantitative estimate of drug-likeness (QED) is 0.774. The number of benzene rings is 1. The molecule has 0 spiro atoms. The smallest absolute Gasteiger partial charge is 0.131 e. The van der Waals surface area contributed by atoms with Crippen LogP contribution in [0.2, 0.25) is 5.02 Å². The number of rotatable bonds is 1. The molecule has 0 saturated carbocycles. The summed E-state index contributed by atoms with van der Waals surface area (Å²) in [6, 6.07) is 4.78. The van der Waals surface area contributed by atoms with E-state index in [2.05, 4.69) is 5.32 Å². The van der Waals surface area contributed by atoms with Gasteiger partial charge in [-0.1, -0.05) is 29.3 Å². The van der Waals surface area contributed by atoms with Crippen LogP contribution < -0.4 is 5.32 Å². The summed E-state index contributed by atoms with van der Waals surface area (Å²) in [6.45, 7) is 1.88. The van der Waals surface area contributed by atoms with Crippen LogP contribution in [0.1, 0.15) is 18.4 Å². The predicted octanol–water partition coefficient (Wildman–Crippen LogP) is 3.25. The highest BCUT2D eigenvalue weighted by Crippen LogP contribution is 2.23. The van der Waals surface area contributed by atoms with Crippen LogP contribution >= 0.6 is 11.6 Å². The Morgan fingerprint density at radius 1 is 1.40 bits per heavy atom. The van der Waals surface area contributed by atoms with Gasteiger partial charge in [0, 0.05) is 12.1 Å². The van der Waals surface area contributed by atoms with Crippen molar-refractivity contribution in [3.8, 4) is 0 Å². The molecule has 1 aliphatic heterocycles. The van der Waals surface area contributed by atoms with E-state index in [9.17, 15) is 4.39 Å². The van der Waals surface area contributed by atoms with Crippen LogP contribution in [0.25, 0.3) is 6.08 Å². The average Bonchev–Trinajstić information content (AvgIpc) is 2.25. The van der Waals surface area contributed by atoms with E-state index in [4.69, 9.17) is 11.6 Å². The lowest BCUT2D eigenvalue weighted by Gasteiger charge is -2.15. The molecular formula is C12H13ClFN. The molecule has 1 fully saturated rings. The predicted molar refractivity (Wildman–Crippen MR) is 61.5 cm³/mol. The fourth-order valence-electron chi connectivity index (χ4n) is 1.75. The van der Waals surface area contributed by atoms with Crippen molar-refractivity contribution in [2.24, 2.45) is 0 Å². The van der Waals surface area contributed by atoms with Gasteiger partial charge in [0.25, 0.3) is 0 Å². The first kappa shape index (κ1) is 10.7. The van der Waals surface area contributed by atoms with Crippen molar-refractivity contribution in [1.82, 2.24) is 5.32 Å². The molecule has 0 radical (unpaired) electrons. The van der Waals surface area contributed by atoms with Crippen LogP contribution in [0.4, 0.5) is 4.39 Å². The van der Waals surface area contributed by atoms with Gasteiger partial charge in [-0.3, -0.25) is 0 Å². The van der Waals surface area contributed by atoms with E-state index >= 15 is 0 Å². The summed E-state index contributed by atoms with van der Waals surface area (Å²) >= 11 is 5.94. The summed E-state index contributed by atoms with van der Waals surface area (Å²) in [5.41, 5.74) is 1.73. The Morgan fingerprint density at radius 3 is 2.93 bits per heavy atom. The van der Waals surface area contributed by atoms with Crippen molar-refractivity contribution in [3.05, 3.63) is 40.2 Å². The van der Waals surface area contributed by atoms with Crippen molar-refractivity contribution < 1.29 is 4.39 Å². The fraction of sp³-hybridized carbons (Fsp3) is 0.333. The molecule has 1 aromatic rings. The van der Waals surface area contributed by atoms with Gasteiger partial charge in [0.1, 0.15) is 5.82 Å². The monoisotopic (exact) mass is 225 g/mol. The zero-order chi connectivity index (χ0) is 10.7. The minimum atomic E-state index is -0.249. The maximum Gasteiger partial charge on any atom is 0.131 e. The van der Waals surface area contributed by atoms with Gasteiger partial charge in [0.15, 0.2) is 0 Å². The number of hydrogen-bond acceptors (Lipinski definition) is 1. The summed E-state index contributed by atoms with van der Waals surface area (Å²) in [4.78, 5) is 0. The van der Waals surface area contributed by atoms with Gasteiger partial charge >= 0.3 is 0 Å². The molecule has 1 N–H and O–H groups in total. The van der Waals surface area contributed by atoms with E-state index in [0.717, 1.165) is 25.9 Å². The molecule has 3 heteroatoms. The topological polar surface area (TPSA) is 12.0 Å². The first-order chi connectivity index (χ1) is 7.27. The summed E-state index contributed by atoms with van der Waals surface area (Å²) in [5.74, 6) is -0.249. The molecule has 1 aliphatic rings. The van der Waals surface area contributed by atoms with Gasteiger partial charge in [-0.05, 0) is 31.5 Å². The maximum absolute atomic E-state index is 13.5. The normalized spacial score (nSPS) is 19.5. The van der Waals surface area contributed by atoms with E-state index < -0.39 is 0 Å². The second-order valence-electron chi connectivity index (χ2n) is 3.72. The Bertz CT molecular complexity index is 359. The van der Waals surface area contributed by atoms with E-state index in [-0.39, 0.29) is 5.82 Å². The Kier molecular flexibility index (Phi) is 3.39. The van der Waals surface area contributed by atoms with Gasteiger partial charge in [-0.15, -0.1) is 0 Å². The molecule has 0 aromatic heterocycles. The van der Waals surface area contributed by atoms with Crippen molar-refractivity contribution in [1.29, 1.82) is 0 Å². The number of nitrogens with one attached hydrogen (secondary N) is 1. The zero-order valence-corrected chi connectivity index (χ0v) is 9.15. The summed E-state index contributed by atoms with van der Waals surface area (Å²) < 4.78 is 13.5. The molecule has 1 aromatic carbocycles. The number of hydrogen-bond donors (Lipinski definition) is 1. The SMILES string of the molecule is Fc1cccc(Cl)c1C=C1CCCNC1. The second-order valence-corrected chi connectivity index (χ2v) is 4.13. The van der Waals surface area contributed by atoms with Crippen LogP contribution in [0, 0.1) is 5.82 Å². The lowest BCUT2D eigenvalue weighted by molar-refractivity contribution is 0.609. The molecule has 0 unspecified atom stereocenters. The lowest BCUT2D eigenvalue weighted by atomic mass is 10.0. The van der Waals surface area contributed by atoms with E-state index in [1.165, 1.54) is 11.6 Å². The van der Waals surface area contributed by atoms with Crippen LogP contribution in [-0.2, 0) is 0 Å². The van der Waals surface area contributed by atoms with Crippen LogP contribution in [0.15, 0.2) is 23.8 Å². The molecule has 1 nitrogen and oxygen atoms in total. The molecule has 2 rings (SSSR count). The highest BCUT2D eigenvalue weighted by molar-refractivity contribution is 6.32. The highest BCUT2D eigenvalue weighted by atomic mass is 35.5. The maximum atomic E-state index is 13.5. The largest absolute Gasteiger partial charge is 0.313 e. The van der Waals surface area contributed by atoms with Gasteiger partial charge in [-0.2, -0.15) is 0 Å². The van der Waals surface area contributed by atoms with Crippen molar-refractivity contribution >= 4 is 17.7 Å². The van der Waals surface area contributed by atoms with Crippen molar-refractivity contribution in [3.63, 3.8) is 0 Å². The van der Waals surface area contributed by atoms with Gasteiger partial charge in [-0.25, -0.2) is 4.39 Å². The summed E-state index contributed by atoms with van der Waals surface area (Å²) in [6.07, 6.45) is 4.00. The highest BCUT2D eigenvalue weighted by Gasteiger charge is 2.08. The summed E-state index contributed by atoms with van der Waals surface area (Å²) in [5, 5.41) is 3.74. The Morgan fingerprint density at radius 2 is 2.27 bits per heavy atom. The van der Waals surface area contributed by atoms with Crippen molar-refractivity contribution in [2.75, 3.05) is 13.1 Å². The molecule has 15 heavy (non-hydrogen) atoms. The fourth-order valence-corrected chi connectivity index (χ4v) is 1.97. The molecular weight excluding hydrogens is 213 g/mol. The zero-order valence-electron chi connectivity index (χ0n) is 8.39. The molecule has 1 saturated heterocycles. The van der Waals surface area contributed by atoms with Crippen LogP contribution in [0.5, 0.6) is 0 Å². The molecule has 0 atom stereocenters. The average molecular weight is 226 g/mol. The minimum Gasteiger partial charge on any atom is -0.313 e. The lowest BCUT2D eigenvalue weighted by Crippen LogP contribution is -2.23. The first-order valence-corrected chi connectivity index (χ1v) is 5.49. The molecule has 0 amide bonds. The third-order valence-electron chi connectivity index (χ3n) is 2.55. The van der Waals surface area contributed by atoms with Crippen LogP contribution in [-0.4, -0.2) is 13.1 Å². The second kappa shape index (κ2) is 4.77. The standard InChI is InChI=1S/C12H13ClFN/c13-11-4-1-5-12(14)10(11)7-9-3-2-6-15-8-9/h1,4-5,7,15H,2-3,6,8H2. The third-order valence-corrected chi connectivity index (χ3v) is 2.88. The molecule has 80 valence electrons. The minimum absolute atomic E-state index is 0.249. The van der Waals surface area contributed by atoms with Gasteiger partial charge in [0.2, 0.25) is 0 Å². The van der Waals surface area contributed by atoms with Crippen LogP contribution in [0.3, 0.4) is 0 Å². The van der Waals surface area contributed by atoms with E-state index in [0.29, 0.717) is 10.6 Å². The molecule has 0 bridgehead atoms. The van der Waals surface area contributed by atoms with E-state index in [1.807, 2.05) is 6.08 Å². The number of halogens is 2. The van der Waals surface area contributed by atoms with Gasteiger partial charge in [0.05, 0.1) is 5.02 Å². The Hall–Kier alpha value is -0.860. The first-order valence-electron chi connectivity index (χ1n) is 5.11. The van der Waals surface area contributed by atoms with Gasteiger partial charge < -0.3 is 5.32 Å². The Balaban J connectivity index is 2.29. The number of piperidine rings is 1. The molecule has 1 heterocycles. The third kappa shape index (κ3) is 2.58. The Labute approximate surface area is 93.9 Å². The van der Waals surface area contributed by atoms with E-state index in [1.54, 1.807) is 12.1 Å². The van der Waals surface area contributed by atoms with Crippen molar-refractivity contribution in [2.45, 2.75) is 12.8 Å². The molecule has 0 aliphatic carbocycles.